The second-order valence-electron chi connectivity index (χ2n) is 5.06. The van der Waals surface area contributed by atoms with Crippen molar-refractivity contribution in [3.05, 3.63) is 35.4 Å². The first-order valence-corrected chi connectivity index (χ1v) is 8.28. The Labute approximate surface area is 123 Å². The molecule has 0 aliphatic carbocycles. The molecular formula is C13H19F2N3O2S. The number of nitrogens with zero attached hydrogens (tertiary/aromatic N) is 1. The molecule has 1 fully saturated rings. The molecular weight excluding hydrogens is 300 g/mol. The van der Waals surface area contributed by atoms with Gasteiger partial charge in [0.15, 0.2) is 0 Å². The van der Waals surface area contributed by atoms with Gasteiger partial charge in [-0.05, 0) is 18.9 Å². The van der Waals surface area contributed by atoms with Crippen LogP contribution in [0.3, 0.4) is 0 Å². The van der Waals surface area contributed by atoms with Crippen molar-refractivity contribution in [3.63, 3.8) is 0 Å². The van der Waals surface area contributed by atoms with Crippen LogP contribution in [-0.4, -0.2) is 31.9 Å². The number of rotatable bonds is 5. The summed E-state index contributed by atoms with van der Waals surface area (Å²) >= 11 is 0. The molecule has 0 bridgehead atoms. The number of halogens is 2. The van der Waals surface area contributed by atoms with E-state index in [2.05, 4.69) is 4.72 Å². The SMILES string of the molecule is NCC1CCCCN1S(=O)(=O)NCc1ccc(F)cc1F. The van der Waals surface area contributed by atoms with Gasteiger partial charge in [-0.1, -0.05) is 12.5 Å². The highest BCUT2D eigenvalue weighted by molar-refractivity contribution is 7.87. The van der Waals surface area contributed by atoms with Gasteiger partial charge in [0.25, 0.3) is 10.2 Å². The van der Waals surface area contributed by atoms with E-state index < -0.39 is 21.8 Å². The third-order valence-electron chi connectivity index (χ3n) is 3.61. The number of hydrogen-bond acceptors (Lipinski definition) is 3. The van der Waals surface area contributed by atoms with Crippen molar-refractivity contribution in [1.29, 1.82) is 0 Å². The molecule has 2 rings (SSSR count). The minimum absolute atomic E-state index is 0.0984. The van der Waals surface area contributed by atoms with Crippen LogP contribution in [-0.2, 0) is 16.8 Å². The fourth-order valence-corrected chi connectivity index (χ4v) is 3.90. The molecule has 1 heterocycles. The molecule has 1 aromatic rings. The molecule has 0 aromatic heterocycles. The molecule has 1 atom stereocenters. The van der Waals surface area contributed by atoms with Crippen LogP contribution in [0.15, 0.2) is 18.2 Å². The average molecular weight is 319 g/mol. The lowest BCUT2D eigenvalue weighted by atomic mass is 10.1. The average Bonchev–Trinajstić information content (AvgIpc) is 2.46. The van der Waals surface area contributed by atoms with Gasteiger partial charge < -0.3 is 5.73 Å². The Morgan fingerprint density at radius 1 is 1.33 bits per heavy atom. The van der Waals surface area contributed by atoms with Gasteiger partial charge in [-0.3, -0.25) is 0 Å². The van der Waals surface area contributed by atoms with Gasteiger partial charge in [-0.15, -0.1) is 0 Å². The first-order chi connectivity index (χ1) is 9.94. The van der Waals surface area contributed by atoms with E-state index in [1.807, 2.05) is 0 Å². The van der Waals surface area contributed by atoms with Crippen molar-refractivity contribution < 1.29 is 17.2 Å². The largest absolute Gasteiger partial charge is 0.329 e. The molecule has 3 N–H and O–H groups in total. The van der Waals surface area contributed by atoms with Crippen LogP contribution < -0.4 is 10.5 Å². The highest BCUT2D eigenvalue weighted by atomic mass is 32.2. The maximum atomic E-state index is 13.5. The normalized spacial score (nSPS) is 20.6. The van der Waals surface area contributed by atoms with Gasteiger partial charge >= 0.3 is 0 Å². The summed E-state index contributed by atoms with van der Waals surface area (Å²) in [6, 6.07) is 2.82. The molecule has 1 saturated heterocycles. The molecule has 1 unspecified atom stereocenters. The van der Waals surface area contributed by atoms with Crippen LogP contribution in [0.25, 0.3) is 0 Å². The van der Waals surface area contributed by atoms with E-state index in [9.17, 15) is 17.2 Å². The van der Waals surface area contributed by atoms with Gasteiger partial charge in [-0.2, -0.15) is 17.4 Å². The monoisotopic (exact) mass is 319 g/mol. The van der Waals surface area contributed by atoms with Crippen molar-refractivity contribution in [2.45, 2.75) is 31.8 Å². The molecule has 21 heavy (non-hydrogen) atoms. The first-order valence-electron chi connectivity index (χ1n) is 6.84. The topological polar surface area (TPSA) is 75.4 Å². The predicted octanol–water partition coefficient (Wildman–Crippen LogP) is 1.11. The Hall–Kier alpha value is -1.09. The molecule has 1 aromatic carbocycles. The molecule has 0 radical (unpaired) electrons. The summed E-state index contributed by atoms with van der Waals surface area (Å²) in [7, 11) is -3.73. The fourth-order valence-electron chi connectivity index (χ4n) is 2.44. The number of nitrogens with two attached hydrogens (primary N) is 1. The third kappa shape index (κ3) is 3.97. The summed E-state index contributed by atoms with van der Waals surface area (Å²) in [6.45, 7) is 0.442. The summed E-state index contributed by atoms with van der Waals surface area (Å²) in [5.74, 6) is -1.47. The second kappa shape index (κ2) is 6.78. The fraction of sp³-hybridized carbons (Fsp3) is 0.538. The highest BCUT2D eigenvalue weighted by Gasteiger charge is 2.31. The Bertz CT molecular complexity index is 595. The van der Waals surface area contributed by atoms with E-state index in [1.54, 1.807) is 0 Å². The molecule has 118 valence electrons. The van der Waals surface area contributed by atoms with Gasteiger partial charge in [0.05, 0.1) is 0 Å². The van der Waals surface area contributed by atoms with E-state index in [0.29, 0.717) is 6.54 Å². The minimum Gasteiger partial charge on any atom is -0.329 e. The molecule has 0 saturated carbocycles. The lowest BCUT2D eigenvalue weighted by molar-refractivity contribution is 0.254. The van der Waals surface area contributed by atoms with Crippen LogP contribution >= 0.6 is 0 Å². The smallest absolute Gasteiger partial charge is 0.280 e. The van der Waals surface area contributed by atoms with E-state index in [4.69, 9.17) is 5.73 Å². The molecule has 0 spiro atoms. The van der Waals surface area contributed by atoms with E-state index >= 15 is 0 Å². The Morgan fingerprint density at radius 3 is 2.76 bits per heavy atom. The maximum absolute atomic E-state index is 13.5. The van der Waals surface area contributed by atoms with Crippen LogP contribution in [0.1, 0.15) is 24.8 Å². The van der Waals surface area contributed by atoms with Gasteiger partial charge in [0.1, 0.15) is 11.6 Å². The van der Waals surface area contributed by atoms with E-state index in [-0.39, 0.29) is 24.7 Å². The second-order valence-corrected chi connectivity index (χ2v) is 6.77. The number of piperidine rings is 1. The Balaban J connectivity index is 2.06. The predicted molar refractivity (Wildman–Crippen MR) is 75.5 cm³/mol. The van der Waals surface area contributed by atoms with Crippen LogP contribution in [0.2, 0.25) is 0 Å². The summed E-state index contributed by atoms with van der Waals surface area (Å²) in [5, 5.41) is 0. The van der Waals surface area contributed by atoms with Crippen molar-refractivity contribution >= 4 is 10.2 Å². The standard InChI is InChI=1S/C13H19F2N3O2S/c14-11-5-4-10(13(15)7-11)9-17-21(19,20)18-6-2-1-3-12(18)8-16/h4-5,7,12,17H,1-3,6,8-9,16H2. The highest BCUT2D eigenvalue weighted by Crippen LogP contribution is 2.19. The van der Waals surface area contributed by atoms with Gasteiger partial charge in [0, 0.05) is 37.3 Å². The van der Waals surface area contributed by atoms with E-state index in [0.717, 1.165) is 31.4 Å². The minimum atomic E-state index is -3.73. The zero-order valence-corrected chi connectivity index (χ0v) is 12.4. The molecule has 1 aliphatic heterocycles. The number of nitrogens with one attached hydrogen (secondary N) is 1. The van der Waals surface area contributed by atoms with Crippen LogP contribution in [0, 0.1) is 11.6 Å². The van der Waals surface area contributed by atoms with Crippen LogP contribution in [0.4, 0.5) is 8.78 Å². The lowest BCUT2D eigenvalue weighted by Gasteiger charge is -2.33. The van der Waals surface area contributed by atoms with Crippen molar-refractivity contribution in [1.82, 2.24) is 9.03 Å². The number of benzene rings is 1. The summed E-state index contributed by atoms with van der Waals surface area (Å²) in [5.41, 5.74) is 5.70. The molecule has 5 nitrogen and oxygen atoms in total. The Kier molecular flexibility index (Phi) is 5.26. The molecule has 1 aliphatic rings. The number of hydrogen-bond donors (Lipinski definition) is 2. The quantitative estimate of drug-likeness (QED) is 0.854. The lowest BCUT2D eigenvalue weighted by Crippen LogP contribution is -2.51. The van der Waals surface area contributed by atoms with Crippen molar-refractivity contribution in [2.24, 2.45) is 5.73 Å². The summed E-state index contributed by atoms with van der Waals surface area (Å²) in [4.78, 5) is 0. The molecule has 0 amide bonds. The first kappa shape index (κ1) is 16.3. The Morgan fingerprint density at radius 2 is 2.10 bits per heavy atom. The van der Waals surface area contributed by atoms with Gasteiger partial charge in [-0.25, -0.2) is 8.78 Å². The van der Waals surface area contributed by atoms with Crippen molar-refractivity contribution in [3.8, 4) is 0 Å². The third-order valence-corrected chi connectivity index (χ3v) is 5.22. The van der Waals surface area contributed by atoms with E-state index in [1.165, 1.54) is 10.4 Å². The molecule has 8 heteroatoms. The summed E-state index contributed by atoms with van der Waals surface area (Å²) < 4.78 is 54.5. The summed E-state index contributed by atoms with van der Waals surface area (Å²) in [6.07, 6.45) is 2.45. The maximum Gasteiger partial charge on any atom is 0.280 e. The van der Waals surface area contributed by atoms with Crippen LogP contribution in [0.5, 0.6) is 0 Å². The van der Waals surface area contributed by atoms with Gasteiger partial charge in [0.2, 0.25) is 0 Å². The van der Waals surface area contributed by atoms with Crippen molar-refractivity contribution in [2.75, 3.05) is 13.1 Å². The zero-order valence-electron chi connectivity index (χ0n) is 11.6. The zero-order chi connectivity index (χ0) is 15.5.